The van der Waals surface area contributed by atoms with Crippen LogP contribution < -0.4 is 5.32 Å². The Morgan fingerprint density at radius 3 is 2.47 bits per heavy atom. The molecule has 0 radical (unpaired) electrons. The highest BCUT2D eigenvalue weighted by atomic mass is 16.3. The standard InChI is InChI=1S/C24H29N3O3/c28-22(19-5-2-1-3-6-19)17-26-11-13-27(14-12-26)23(29)16-25-24(30)21-10-9-18-7-4-8-20(18)15-21/h1-3,5-6,9-10,15,22,28H,4,7-8,11-14,16-17H2,(H,25,30). The van der Waals surface area contributed by atoms with Gasteiger partial charge in [0.25, 0.3) is 5.91 Å². The highest BCUT2D eigenvalue weighted by molar-refractivity contribution is 5.96. The first kappa shape index (κ1) is 20.6. The lowest BCUT2D eigenvalue weighted by Gasteiger charge is -2.35. The average molecular weight is 408 g/mol. The van der Waals surface area contributed by atoms with Crippen molar-refractivity contribution in [3.05, 3.63) is 70.8 Å². The fourth-order valence-corrected chi connectivity index (χ4v) is 4.29. The predicted octanol–water partition coefficient (Wildman–Crippen LogP) is 1.78. The van der Waals surface area contributed by atoms with Crippen molar-refractivity contribution in [3.8, 4) is 0 Å². The van der Waals surface area contributed by atoms with Gasteiger partial charge in [0.1, 0.15) is 0 Å². The monoisotopic (exact) mass is 407 g/mol. The van der Waals surface area contributed by atoms with Gasteiger partial charge in [-0.3, -0.25) is 14.5 Å². The zero-order chi connectivity index (χ0) is 20.9. The van der Waals surface area contributed by atoms with Gasteiger partial charge in [0, 0.05) is 38.3 Å². The van der Waals surface area contributed by atoms with Crippen LogP contribution in [-0.4, -0.2) is 66.0 Å². The molecule has 2 amide bonds. The first-order valence-electron chi connectivity index (χ1n) is 10.7. The van der Waals surface area contributed by atoms with Gasteiger partial charge in [-0.05, 0) is 48.1 Å². The Kier molecular flexibility index (Phi) is 6.45. The van der Waals surface area contributed by atoms with Crippen molar-refractivity contribution in [2.24, 2.45) is 0 Å². The number of hydrogen-bond acceptors (Lipinski definition) is 4. The fourth-order valence-electron chi connectivity index (χ4n) is 4.29. The quantitative estimate of drug-likeness (QED) is 0.766. The summed E-state index contributed by atoms with van der Waals surface area (Å²) in [6, 6.07) is 15.5. The first-order valence-corrected chi connectivity index (χ1v) is 10.7. The van der Waals surface area contributed by atoms with Crippen LogP contribution in [0.15, 0.2) is 48.5 Å². The molecule has 158 valence electrons. The van der Waals surface area contributed by atoms with Crippen LogP contribution in [0.4, 0.5) is 0 Å². The summed E-state index contributed by atoms with van der Waals surface area (Å²) in [5, 5.41) is 13.2. The largest absolute Gasteiger partial charge is 0.387 e. The Labute approximate surface area is 177 Å². The van der Waals surface area contributed by atoms with Crippen molar-refractivity contribution in [2.75, 3.05) is 39.3 Å². The number of nitrogens with zero attached hydrogens (tertiary/aromatic N) is 2. The van der Waals surface area contributed by atoms with E-state index in [1.165, 1.54) is 11.1 Å². The third kappa shape index (κ3) is 4.89. The van der Waals surface area contributed by atoms with Crippen LogP contribution in [0, 0.1) is 0 Å². The highest BCUT2D eigenvalue weighted by Crippen LogP contribution is 2.22. The second kappa shape index (κ2) is 9.41. The maximum absolute atomic E-state index is 12.5. The number of aryl methyl sites for hydroxylation is 2. The maximum atomic E-state index is 12.5. The van der Waals surface area contributed by atoms with E-state index in [0.29, 0.717) is 38.3 Å². The zero-order valence-electron chi connectivity index (χ0n) is 17.2. The molecule has 1 atom stereocenters. The molecule has 1 heterocycles. The normalized spacial score (nSPS) is 17.4. The fraction of sp³-hybridized carbons (Fsp3) is 0.417. The number of aliphatic hydroxyl groups is 1. The van der Waals surface area contributed by atoms with E-state index in [1.54, 1.807) is 4.90 Å². The van der Waals surface area contributed by atoms with Crippen LogP contribution in [0.5, 0.6) is 0 Å². The number of nitrogens with one attached hydrogen (secondary N) is 1. The number of β-amino-alcohol motifs (C(OH)–C–C–N with tert-alkyl or cyclic N) is 1. The van der Waals surface area contributed by atoms with Crippen molar-refractivity contribution in [1.29, 1.82) is 0 Å². The molecular formula is C24H29N3O3. The number of aliphatic hydroxyl groups excluding tert-OH is 1. The van der Waals surface area contributed by atoms with E-state index in [1.807, 2.05) is 48.5 Å². The molecule has 6 heteroatoms. The third-order valence-corrected chi connectivity index (χ3v) is 6.10. The molecule has 2 N–H and O–H groups in total. The highest BCUT2D eigenvalue weighted by Gasteiger charge is 2.23. The van der Waals surface area contributed by atoms with Crippen LogP contribution >= 0.6 is 0 Å². The number of amides is 2. The Balaban J connectivity index is 1.21. The Hall–Kier alpha value is -2.70. The molecule has 2 aliphatic rings. The molecule has 2 aromatic rings. The van der Waals surface area contributed by atoms with E-state index < -0.39 is 6.10 Å². The maximum Gasteiger partial charge on any atom is 0.251 e. The van der Waals surface area contributed by atoms with E-state index >= 15 is 0 Å². The van der Waals surface area contributed by atoms with Crippen molar-refractivity contribution >= 4 is 11.8 Å². The van der Waals surface area contributed by atoms with Crippen LogP contribution in [-0.2, 0) is 17.6 Å². The number of carbonyl (C=O) groups excluding carboxylic acids is 2. The average Bonchev–Trinajstić information content (AvgIpc) is 3.26. The number of fused-ring (bicyclic) bond motifs is 1. The Morgan fingerprint density at radius 2 is 1.70 bits per heavy atom. The summed E-state index contributed by atoms with van der Waals surface area (Å²) >= 11 is 0. The molecular weight excluding hydrogens is 378 g/mol. The van der Waals surface area contributed by atoms with Crippen LogP contribution in [0.25, 0.3) is 0 Å². The van der Waals surface area contributed by atoms with E-state index in [2.05, 4.69) is 10.2 Å². The molecule has 1 unspecified atom stereocenters. The molecule has 6 nitrogen and oxygen atoms in total. The van der Waals surface area contributed by atoms with Gasteiger partial charge < -0.3 is 15.3 Å². The molecule has 1 saturated heterocycles. The zero-order valence-corrected chi connectivity index (χ0v) is 17.2. The summed E-state index contributed by atoms with van der Waals surface area (Å²) in [6.45, 7) is 3.22. The number of carbonyl (C=O) groups is 2. The SMILES string of the molecule is O=C(NCC(=O)N1CCN(CC(O)c2ccccc2)CC1)c1ccc2c(c1)CCC2. The number of benzene rings is 2. The van der Waals surface area contributed by atoms with Gasteiger partial charge in [-0.25, -0.2) is 0 Å². The minimum atomic E-state index is -0.528. The summed E-state index contributed by atoms with van der Waals surface area (Å²) in [7, 11) is 0. The van der Waals surface area contributed by atoms with Gasteiger partial charge in [0.15, 0.2) is 0 Å². The van der Waals surface area contributed by atoms with Gasteiger partial charge in [0.05, 0.1) is 12.6 Å². The lowest BCUT2D eigenvalue weighted by atomic mass is 10.1. The van der Waals surface area contributed by atoms with Gasteiger partial charge in [-0.1, -0.05) is 36.4 Å². The minimum absolute atomic E-state index is 0.0164. The molecule has 0 bridgehead atoms. The second-order valence-corrected chi connectivity index (χ2v) is 8.13. The van der Waals surface area contributed by atoms with Crippen molar-refractivity contribution in [3.63, 3.8) is 0 Å². The van der Waals surface area contributed by atoms with E-state index in [9.17, 15) is 14.7 Å². The summed E-state index contributed by atoms with van der Waals surface area (Å²) in [4.78, 5) is 28.9. The molecule has 0 saturated carbocycles. The smallest absolute Gasteiger partial charge is 0.251 e. The summed E-state index contributed by atoms with van der Waals surface area (Å²) in [5.41, 5.74) is 4.12. The van der Waals surface area contributed by atoms with Gasteiger partial charge in [-0.2, -0.15) is 0 Å². The van der Waals surface area contributed by atoms with Crippen molar-refractivity contribution in [2.45, 2.75) is 25.4 Å². The Bertz CT molecular complexity index is 892. The van der Waals surface area contributed by atoms with Crippen LogP contribution in [0.3, 0.4) is 0 Å². The molecule has 0 spiro atoms. The van der Waals surface area contributed by atoms with Crippen molar-refractivity contribution < 1.29 is 14.7 Å². The summed E-state index contributed by atoms with van der Waals surface area (Å²) in [6.07, 6.45) is 2.73. The predicted molar refractivity (Wildman–Crippen MR) is 115 cm³/mol. The first-order chi connectivity index (χ1) is 14.6. The minimum Gasteiger partial charge on any atom is -0.387 e. The van der Waals surface area contributed by atoms with Gasteiger partial charge in [-0.15, -0.1) is 0 Å². The Morgan fingerprint density at radius 1 is 0.967 bits per heavy atom. The van der Waals surface area contributed by atoms with Crippen LogP contribution in [0.1, 0.15) is 39.6 Å². The molecule has 1 aliphatic carbocycles. The topological polar surface area (TPSA) is 72.9 Å². The van der Waals surface area contributed by atoms with Gasteiger partial charge >= 0.3 is 0 Å². The van der Waals surface area contributed by atoms with E-state index in [0.717, 1.165) is 24.8 Å². The van der Waals surface area contributed by atoms with Crippen LogP contribution in [0.2, 0.25) is 0 Å². The number of hydrogen-bond donors (Lipinski definition) is 2. The lowest BCUT2D eigenvalue weighted by molar-refractivity contribution is -0.132. The number of rotatable bonds is 6. The molecule has 4 rings (SSSR count). The molecule has 1 fully saturated rings. The summed E-state index contributed by atoms with van der Waals surface area (Å²) < 4.78 is 0. The van der Waals surface area contributed by atoms with Crippen molar-refractivity contribution in [1.82, 2.24) is 15.1 Å². The third-order valence-electron chi connectivity index (χ3n) is 6.10. The molecule has 2 aromatic carbocycles. The van der Waals surface area contributed by atoms with E-state index in [-0.39, 0.29) is 18.4 Å². The molecule has 30 heavy (non-hydrogen) atoms. The molecule has 1 aliphatic heterocycles. The molecule has 0 aromatic heterocycles. The lowest BCUT2D eigenvalue weighted by Crippen LogP contribution is -2.51. The van der Waals surface area contributed by atoms with Gasteiger partial charge in [0.2, 0.25) is 5.91 Å². The summed E-state index contributed by atoms with van der Waals surface area (Å²) in [5.74, 6) is -0.254. The second-order valence-electron chi connectivity index (χ2n) is 8.13. The van der Waals surface area contributed by atoms with E-state index in [4.69, 9.17) is 0 Å². The number of piperazine rings is 1.